The van der Waals surface area contributed by atoms with Crippen LogP contribution in [0.5, 0.6) is 0 Å². The zero-order valence-electron chi connectivity index (χ0n) is 12.0. The van der Waals surface area contributed by atoms with Gasteiger partial charge in [-0.15, -0.1) is 0 Å². The second kappa shape index (κ2) is 9.58. The first kappa shape index (κ1) is 16.8. The van der Waals surface area contributed by atoms with Crippen molar-refractivity contribution in [3.63, 3.8) is 0 Å². The summed E-state index contributed by atoms with van der Waals surface area (Å²) in [7, 11) is 0. The smallest absolute Gasteiger partial charge is 0.315 e. The number of benzene rings is 1. The highest BCUT2D eigenvalue weighted by Gasteiger charge is 2.17. The van der Waals surface area contributed by atoms with E-state index in [1.807, 2.05) is 44.2 Å². The third-order valence-electron chi connectivity index (χ3n) is 2.71. The largest absolute Gasteiger partial charge is 0.352 e. The van der Waals surface area contributed by atoms with Crippen LogP contribution in [0.3, 0.4) is 0 Å². The summed E-state index contributed by atoms with van der Waals surface area (Å²) in [5.74, 6) is 0. The Morgan fingerprint density at radius 3 is 2.30 bits per heavy atom. The lowest BCUT2D eigenvalue weighted by molar-refractivity contribution is -0.151. The van der Waals surface area contributed by atoms with E-state index in [0.717, 1.165) is 5.56 Å². The van der Waals surface area contributed by atoms with Gasteiger partial charge in [0.15, 0.2) is 6.29 Å². The van der Waals surface area contributed by atoms with Gasteiger partial charge in [0.2, 0.25) is 0 Å². The molecule has 0 spiro atoms. The summed E-state index contributed by atoms with van der Waals surface area (Å²) in [6.07, 6.45) is -0.451. The van der Waals surface area contributed by atoms with Crippen LogP contribution in [0.15, 0.2) is 30.3 Å². The number of halogens is 1. The Bertz CT molecular complexity index is 380. The molecule has 0 atom stereocenters. The predicted molar refractivity (Wildman–Crippen MR) is 74.9 cm³/mol. The van der Waals surface area contributed by atoms with Crippen LogP contribution in [0.1, 0.15) is 19.4 Å². The van der Waals surface area contributed by atoms with Gasteiger partial charge in [-0.1, -0.05) is 30.3 Å². The highest BCUT2D eigenvalue weighted by atomic mass is 19.1. The Morgan fingerprint density at radius 1 is 1.20 bits per heavy atom. The summed E-state index contributed by atoms with van der Waals surface area (Å²) in [6.45, 7) is 5.33. The molecule has 0 aliphatic heterocycles. The number of carbonyl (C=O) groups excluding carboxylic acids is 1. The Hall–Kier alpha value is -1.30. The summed E-state index contributed by atoms with van der Waals surface area (Å²) in [6, 6.07) is 8.25. The van der Waals surface area contributed by atoms with E-state index in [1.54, 1.807) is 4.90 Å². The maximum absolute atomic E-state index is 12.7. The van der Waals surface area contributed by atoms with Gasteiger partial charge < -0.3 is 9.47 Å². The molecule has 0 unspecified atom stereocenters. The fraction of sp³-hybridized carbons (Fsp3) is 0.533. The minimum Gasteiger partial charge on any atom is -0.352 e. The van der Waals surface area contributed by atoms with Crippen molar-refractivity contribution in [3.8, 4) is 0 Å². The van der Waals surface area contributed by atoms with Crippen LogP contribution in [0.2, 0.25) is 0 Å². The van der Waals surface area contributed by atoms with E-state index >= 15 is 0 Å². The first-order valence-electron chi connectivity index (χ1n) is 6.83. The maximum Gasteiger partial charge on any atom is 0.315 e. The molecule has 20 heavy (non-hydrogen) atoms. The third-order valence-corrected chi connectivity index (χ3v) is 2.71. The molecule has 0 radical (unpaired) electrons. The van der Waals surface area contributed by atoms with Gasteiger partial charge in [0.1, 0.15) is 0 Å². The zero-order valence-corrected chi connectivity index (χ0v) is 12.0. The number of ether oxygens (including phenoxy) is 2. The van der Waals surface area contributed by atoms with Gasteiger partial charge in [0, 0.05) is 19.8 Å². The van der Waals surface area contributed by atoms with Crippen LogP contribution in [0.4, 0.5) is 4.39 Å². The van der Waals surface area contributed by atoms with Gasteiger partial charge in [-0.05, 0) is 19.4 Å². The highest BCUT2D eigenvalue weighted by Crippen LogP contribution is 2.07. The summed E-state index contributed by atoms with van der Waals surface area (Å²) < 4.78 is 23.6. The topological polar surface area (TPSA) is 38.8 Å². The average molecular weight is 283 g/mol. The first-order chi connectivity index (χ1) is 9.65. The number of hydrogen-bond acceptors (Lipinski definition) is 4. The molecule has 0 heterocycles. The van der Waals surface area contributed by atoms with E-state index in [1.165, 1.54) is 0 Å². The first-order valence-corrected chi connectivity index (χ1v) is 6.83. The van der Waals surface area contributed by atoms with Crippen LogP contribution < -0.4 is 0 Å². The van der Waals surface area contributed by atoms with E-state index in [0.29, 0.717) is 26.3 Å². The van der Waals surface area contributed by atoms with E-state index in [-0.39, 0.29) is 6.54 Å². The lowest BCUT2D eigenvalue weighted by Crippen LogP contribution is -2.37. The monoisotopic (exact) mass is 283 g/mol. The summed E-state index contributed by atoms with van der Waals surface area (Å²) in [5, 5.41) is 0. The molecular formula is C15H22FNO3. The minimum absolute atomic E-state index is 0.258. The standard InChI is InChI=1S/C15H22FNO3/c1-3-19-15(20-4-2)12-17(11-14(16)18)10-13-8-6-5-7-9-13/h5-9,15H,3-4,10-12H2,1-2H3. The highest BCUT2D eigenvalue weighted by molar-refractivity contribution is 5.70. The Morgan fingerprint density at radius 2 is 1.80 bits per heavy atom. The van der Waals surface area contributed by atoms with Gasteiger partial charge in [0.05, 0.1) is 13.1 Å². The van der Waals surface area contributed by atoms with E-state index in [9.17, 15) is 9.18 Å². The molecule has 0 fully saturated rings. The van der Waals surface area contributed by atoms with Crippen molar-refractivity contribution in [2.75, 3.05) is 26.3 Å². The van der Waals surface area contributed by atoms with Crippen molar-refractivity contribution in [3.05, 3.63) is 35.9 Å². The molecule has 0 saturated heterocycles. The fourth-order valence-corrected chi connectivity index (χ4v) is 1.94. The van der Waals surface area contributed by atoms with Gasteiger partial charge in [-0.2, -0.15) is 4.39 Å². The van der Waals surface area contributed by atoms with Gasteiger partial charge in [0.25, 0.3) is 0 Å². The number of carbonyl (C=O) groups is 1. The Balaban J connectivity index is 2.64. The lowest BCUT2D eigenvalue weighted by Gasteiger charge is -2.25. The molecule has 1 aromatic carbocycles. The van der Waals surface area contributed by atoms with Gasteiger partial charge in [-0.3, -0.25) is 9.69 Å². The summed E-state index contributed by atoms with van der Waals surface area (Å²) in [5.41, 5.74) is 1.01. The predicted octanol–water partition coefficient (Wildman–Crippen LogP) is 2.38. The van der Waals surface area contributed by atoms with Crippen molar-refractivity contribution in [2.24, 2.45) is 0 Å². The lowest BCUT2D eigenvalue weighted by atomic mass is 10.2. The quantitative estimate of drug-likeness (QED) is 0.488. The molecule has 0 bridgehead atoms. The zero-order chi connectivity index (χ0) is 14.8. The second-order valence-corrected chi connectivity index (χ2v) is 4.35. The molecule has 1 aromatic rings. The fourth-order valence-electron chi connectivity index (χ4n) is 1.94. The minimum atomic E-state index is -1.35. The number of hydrogen-bond donors (Lipinski definition) is 0. The number of rotatable bonds is 10. The van der Waals surface area contributed by atoms with Crippen LogP contribution in [-0.4, -0.2) is 43.5 Å². The van der Waals surface area contributed by atoms with Crippen LogP contribution in [-0.2, 0) is 20.8 Å². The van der Waals surface area contributed by atoms with E-state index in [2.05, 4.69) is 0 Å². The third kappa shape index (κ3) is 6.75. The molecule has 0 aromatic heterocycles. The maximum atomic E-state index is 12.7. The molecule has 0 N–H and O–H groups in total. The van der Waals surface area contributed by atoms with Crippen LogP contribution >= 0.6 is 0 Å². The van der Waals surface area contributed by atoms with Crippen molar-refractivity contribution in [1.29, 1.82) is 0 Å². The molecule has 1 rings (SSSR count). The summed E-state index contributed by atoms with van der Waals surface area (Å²) in [4.78, 5) is 12.4. The van der Waals surface area contributed by atoms with Gasteiger partial charge >= 0.3 is 6.04 Å². The molecule has 0 saturated carbocycles. The van der Waals surface area contributed by atoms with Crippen molar-refractivity contribution >= 4 is 6.04 Å². The van der Waals surface area contributed by atoms with Gasteiger partial charge in [-0.25, -0.2) is 0 Å². The SMILES string of the molecule is CCOC(CN(CC(=O)F)Cc1ccccc1)OCC. The van der Waals surface area contributed by atoms with Crippen LogP contribution in [0, 0.1) is 0 Å². The Kier molecular flexibility index (Phi) is 8.02. The molecule has 0 aliphatic carbocycles. The Labute approximate surface area is 119 Å². The summed E-state index contributed by atoms with van der Waals surface area (Å²) >= 11 is 0. The van der Waals surface area contributed by atoms with E-state index in [4.69, 9.17) is 9.47 Å². The normalized spacial score (nSPS) is 11.2. The van der Waals surface area contributed by atoms with Crippen LogP contribution in [0.25, 0.3) is 0 Å². The molecule has 4 nitrogen and oxygen atoms in total. The second-order valence-electron chi connectivity index (χ2n) is 4.35. The number of nitrogens with zero attached hydrogens (tertiary/aromatic N) is 1. The van der Waals surface area contributed by atoms with Crippen molar-refractivity contribution < 1.29 is 18.7 Å². The molecule has 5 heteroatoms. The average Bonchev–Trinajstić information content (AvgIpc) is 2.39. The molecule has 112 valence electrons. The molecule has 0 aliphatic rings. The molecule has 0 amide bonds. The van der Waals surface area contributed by atoms with Crippen molar-refractivity contribution in [1.82, 2.24) is 4.90 Å². The van der Waals surface area contributed by atoms with E-state index < -0.39 is 12.3 Å². The van der Waals surface area contributed by atoms with Crippen molar-refractivity contribution in [2.45, 2.75) is 26.7 Å². The molecular weight excluding hydrogens is 261 g/mol.